The van der Waals surface area contributed by atoms with Gasteiger partial charge in [0.15, 0.2) is 0 Å². The van der Waals surface area contributed by atoms with Crippen molar-refractivity contribution in [2.45, 2.75) is 17.1 Å². The largest absolute Gasteiger partial charge is 0.614 e. The molecule has 0 amide bonds. The molecule has 0 spiro atoms. The van der Waals surface area contributed by atoms with E-state index in [0.717, 1.165) is 16.7 Å². The Hall–Kier alpha value is -1.81. The first kappa shape index (κ1) is 15.1. The molecule has 3 rings (SSSR count). The molecule has 1 aliphatic carbocycles. The van der Waals surface area contributed by atoms with Gasteiger partial charge in [-0.3, -0.25) is 0 Å². The minimum atomic E-state index is -1.42. The number of aliphatic hydroxyl groups is 1. The molecule has 0 heterocycles. The summed E-state index contributed by atoms with van der Waals surface area (Å²) >= 11 is -1.42. The van der Waals surface area contributed by atoms with E-state index in [1.807, 2.05) is 78.9 Å². The zero-order valence-corrected chi connectivity index (χ0v) is 13.0. The van der Waals surface area contributed by atoms with Crippen molar-refractivity contribution in [1.82, 2.24) is 0 Å². The molecular formula is C19H18O2S. The SMILES string of the molecule is [O-][S+](Cc1ccccc1)C1(O)CC=CC=C1c1ccccc1. The lowest BCUT2D eigenvalue weighted by Gasteiger charge is -2.33. The molecule has 0 bridgehead atoms. The molecule has 2 nitrogen and oxygen atoms in total. The van der Waals surface area contributed by atoms with Crippen LogP contribution in [0.2, 0.25) is 0 Å². The van der Waals surface area contributed by atoms with E-state index in [9.17, 15) is 9.66 Å². The highest BCUT2D eigenvalue weighted by Crippen LogP contribution is 2.39. The molecular weight excluding hydrogens is 292 g/mol. The Bertz CT molecular complexity index is 679. The van der Waals surface area contributed by atoms with Gasteiger partial charge in [-0.1, -0.05) is 78.9 Å². The number of allylic oxidation sites excluding steroid dienone is 2. The lowest BCUT2D eigenvalue weighted by Crippen LogP contribution is -2.41. The molecule has 0 saturated heterocycles. The predicted molar refractivity (Wildman–Crippen MR) is 91.4 cm³/mol. The average molecular weight is 310 g/mol. The smallest absolute Gasteiger partial charge is 0.253 e. The van der Waals surface area contributed by atoms with Crippen molar-refractivity contribution < 1.29 is 9.66 Å². The van der Waals surface area contributed by atoms with Gasteiger partial charge in [-0.15, -0.1) is 0 Å². The van der Waals surface area contributed by atoms with Gasteiger partial charge in [-0.25, -0.2) is 0 Å². The van der Waals surface area contributed by atoms with E-state index in [4.69, 9.17) is 0 Å². The van der Waals surface area contributed by atoms with E-state index in [2.05, 4.69) is 0 Å². The predicted octanol–water partition coefficient (Wildman–Crippen LogP) is 3.67. The summed E-state index contributed by atoms with van der Waals surface area (Å²) in [6.07, 6.45) is 6.01. The van der Waals surface area contributed by atoms with Crippen molar-refractivity contribution in [3.63, 3.8) is 0 Å². The number of rotatable bonds is 4. The van der Waals surface area contributed by atoms with Crippen LogP contribution in [0.1, 0.15) is 17.5 Å². The van der Waals surface area contributed by atoms with Crippen LogP contribution in [-0.4, -0.2) is 14.6 Å². The zero-order chi connectivity index (χ0) is 15.4. The summed E-state index contributed by atoms with van der Waals surface area (Å²) in [5, 5.41) is 11.1. The number of hydrogen-bond donors (Lipinski definition) is 1. The lowest BCUT2D eigenvalue weighted by atomic mass is 9.94. The van der Waals surface area contributed by atoms with Gasteiger partial charge in [0.2, 0.25) is 0 Å². The maximum Gasteiger partial charge on any atom is 0.253 e. The summed E-state index contributed by atoms with van der Waals surface area (Å²) in [7, 11) is 0. The highest BCUT2D eigenvalue weighted by molar-refractivity contribution is 7.92. The Labute approximate surface area is 134 Å². The van der Waals surface area contributed by atoms with Crippen molar-refractivity contribution in [3.05, 3.63) is 90.0 Å². The van der Waals surface area contributed by atoms with Gasteiger partial charge < -0.3 is 9.66 Å². The minimum Gasteiger partial charge on any atom is -0.614 e. The van der Waals surface area contributed by atoms with Crippen molar-refractivity contribution in [2.24, 2.45) is 0 Å². The Kier molecular flexibility index (Phi) is 4.48. The van der Waals surface area contributed by atoms with Crippen LogP contribution in [0.25, 0.3) is 5.57 Å². The fraction of sp³-hybridized carbons (Fsp3) is 0.158. The molecule has 22 heavy (non-hydrogen) atoms. The van der Waals surface area contributed by atoms with Gasteiger partial charge in [0, 0.05) is 17.6 Å². The van der Waals surface area contributed by atoms with Crippen LogP contribution in [0.3, 0.4) is 0 Å². The molecule has 0 radical (unpaired) electrons. The summed E-state index contributed by atoms with van der Waals surface area (Å²) in [6.45, 7) is 0. The van der Waals surface area contributed by atoms with Crippen molar-refractivity contribution in [3.8, 4) is 0 Å². The van der Waals surface area contributed by atoms with E-state index in [0.29, 0.717) is 12.2 Å². The molecule has 112 valence electrons. The third-order valence-corrected chi connectivity index (χ3v) is 5.55. The Morgan fingerprint density at radius 2 is 1.64 bits per heavy atom. The molecule has 0 saturated carbocycles. The fourth-order valence-electron chi connectivity index (χ4n) is 2.63. The third-order valence-electron chi connectivity index (χ3n) is 3.82. The van der Waals surface area contributed by atoms with Crippen LogP contribution in [-0.2, 0) is 16.9 Å². The first-order valence-corrected chi connectivity index (χ1v) is 8.59. The topological polar surface area (TPSA) is 43.3 Å². The van der Waals surface area contributed by atoms with E-state index in [1.165, 1.54) is 0 Å². The second kappa shape index (κ2) is 6.53. The van der Waals surface area contributed by atoms with E-state index in [1.54, 1.807) is 0 Å². The van der Waals surface area contributed by atoms with Gasteiger partial charge in [-0.2, -0.15) is 0 Å². The monoisotopic (exact) mass is 310 g/mol. The van der Waals surface area contributed by atoms with Gasteiger partial charge in [0.25, 0.3) is 4.93 Å². The minimum absolute atomic E-state index is 0.343. The third kappa shape index (κ3) is 3.02. The maximum absolute atomic E-state index is 12.9. The summed E-state index contributed by atoms with van der Waals surface area (Å²) < 4.78 is 12.9. The van der Waals surface area contributed by atoms with E-state index < -0.39 is 16.1 Å². The number of hydrogen-bond acceptors (Lipinski definition) is 2. The molecule has 0 aliphatic heterocycles. The standard InChI is InChI=1S/C19H18O2S/c20-19(22(21)15-16-9-3-1-4-10-16)14-8-7-13-18(19)17-11-5-2-6-12-17/h1-13,20H,14-15H2. The average Bonchev–Trinajstić information content (AvgIpc) is 2.57. The van der Waals surface area contributed by atoms with Gasteiger partial charge >= 0.3 is 0 Å². The first-order chi connectivity index (χ1) is 10.7. The maximum atomic E-state index is 12.9. The summed E-state index contributed by atoms with van der Waals surface area (Å²) in [6, 6.07) is 19.3. The van der Waals surface area contributed by atoms with Crippen LogP contribution in [0, 0.1) is 0 Å². The van der Waals surface area contributed by atoms with Gasteiger partial charge in [0.1, 0.15) is 5.75 Å². The molecule has 2 atom stereocenters. The van der Waals surface area contributed by atoms with E-state index >= 15 is 0 Å². The normalized spacial score (nSPS) is 22.2. The van der Waals surface area contributed by atoms with Gasteiger partial charge in [0.05, 0.1) is 0 Å². The molecule has 2 aromatic carbocycles. The van der Waals surface area contributed by atoms with Crippen LogP contribution in [0.5, 0.6) is 0 Å². The van der Waals surface area contributed by atoms with Crippen molar-refractivity contribution in [2.75, 3.05) is 0 Å². The molecule has 2 unspecified atom stereocenters. The van der Waals surface area contributed by atoms with Crippen LogP contribution >= 0.6 is 0 Å². The second-order valence-electron chi connectivity index (χ2n) is 5.34. The highest BCUT2D eigenvalue weighted by atomic mass is 32.2. The summed E-state index contributed by atoms with van der Waals surface area (Å²) in [5.41, 5.74) is 2.61. The van der Waals surface area contributed by atoms with Crippen molar-refractivity contribution in [1.29, 1.82) is 0 Å². The second-order valence-corrected chi connectivity index (χ2v) is 6.99. The summed E-state index contributed by atoms with van der Waals surface area (Å²) in [5.74, 6) is 0.343. The van der Waals surface area contributed by atoms with E-state index in [-0.39, 0.29) is 0 Å². The van der Waals surface area contributed by atoms with Crippen LogP contribution in [0.4, 0.5) is 0 Å². The Morgan fingerprint density at radius 1 is 1.00 bits per heavy atom. The summed E-state index contributed by atoms with van der Waals surface area (Å²) in [4.78, 5) is -1.34. The van der Waals surface area contributed by atoms with Crippen molar-refractivity contribution >= 4 is 16.7 Å². The molecule has 0 fully saturated rings. The molecule has 1 aliphatic rings. The first-order valence-electron chi connectivity index (χ1n) is 7.28. The molecule has 2 aromatic rings. The molecule has 0 aromatic heterocycles. The number of benzene rings is 2. The Balaban J connectivity index is 1.89. The zero-order valence-electron chi connectivity index (χ0n) is 12.2. The molecule has 1 N–H and O–H groups in total. The fourth-order valence-corrected chi connectivity index (χ4v) is 4.08. The highest BCUT2D eigenvalue weighted by Gasteiger charge is 2.44. The van der Waals surface area contributed by atoms with Crippen LogP contribution < -0.4 is 0 Å². The lowest BCUT2D eigenvalue weighted by molar-refractivity contribution is 0.185. The quantitative estimate of drug-likeness (QED) is 0.876. The van der Waals surface area contributed by atoms with Crippen LogP contribution in [0.15, 0.2) is 78.9 Å². The van der Waals surface area contributed by atoms with Gasteiger partial charge in [-0.05, 0) is 16.7 Å². The Morgan fingerprint density at radius 3 is 2.32 bits per heavy atom. The molecule has 3 heteroatoms.